The van der Waals surface area contributed by atoms with Crippen LogP contribution in [0.4, 0.5) is 5.95 Å². The van der Waals surface area contributed by atoms with Crippen LogP contribution in [0.3, 0.4) is 0 Å². The number of aromatic nitrogens is 3. The van der Waals surface area contributed by atoms with Crippen molar-refractivity contribution < 1.29 is 18.3 Å². The minimum Gasteiger partial charge on any atom is -0.497 e. The number of rotatable bonds is 7. The van der Waals surface area contributed by atoms with Crippen molar-refractivity contribution >= 4 is 16.0 Å². The first-order valence-corrected chi connectivity index (χ1v) is 15.9. The van der Waals surface area contributed by atoms with Gasteiger partial charge in [0.2, 0.25) is 5.95 Å². The lowest BCUT2D eigenvalue weighted by Crippen LogP contribution is -2.45. The van der Waals surface area contributed by atoms with Crippen LogP contribution in [0.5, 0.6) is 5.75 Å². The molecule has 4 aromatic rings. The molecule has 1 atom stereocenters. The van der Waals surface area contributed by atoms with Crippen LogP contribution in [0.15, 0.2) is 65.6 Å². The molecule has 0 amide bonds. The maximum Gasteiger partial charge on any atom is 0.264 e. The Balaban J connectivity index is 1.33. The number of methoxy groups -OCH3 is 1. The van der Waals surface area contributed by atoms with Crippen molar-refractivity contribution in [2.45, 2.75) is 63.0 Å². The Kier molecular flexibility index (Phi) is 7.78. The first kappa shape index (κ1) is 28.4. The summed E-state index contributed by atoms with van der Waals surface area (Å²) >= 11 is 0. The average molecular weight is 588 g/mol. The van der Waals surface area contributed by atoms with Gasteiger partial charge in [0.25, 0.3) is 10.0 Å². The molecule has 1 aliphatic heterocycles. The zero-order valence-electron chi connectivity index (χ0n) is 24.2. The fourth-order valence-corrected chi connectivity index (χ4v) is 7.21. The second kappa shape index (κ2) is 11.5. The molecule has 3 heterocycles. The van der Waals surface area contributed by atoms with Crippen LogP contribution in [-0.4, -0.2) is 65.3 Å². The summed E-state index contributed by atoms with van der Waals surface area (Å²) in [5.74, 6) is 0.861. The lowest BCUT2D eigenvalue weighted by molar-refractivity contribution is 0.0569. The van der Waals surface area contributed by atoms with Gasteiger partial charge in [-0.05, 0) is 118 Å². The molecule has 1 aliphatic carbocycles. The normalized spacial score (nSPS) is 18.0. The Labute approximate surface area is 247 Å². The molecule has 0 radical (unpaired) electrons. The molecule has 0 bridgehead atoms. The quantitative estimate of drug-likeness (QED) is 0.323. The fourth-order valence-electron chi connectivity index (χ4n) is 6.27. The van der Waals surface area contributed by atoms with Crippen LogP contribution in [0, 0.1) is 13.8 Å². The van der Waals surface area contributed by atoms with E-state index in [2.05, 4.69) is 42.4 Å². The van der Waals surface area contributed by atoms with Crippen molar-refractivity contribution in [3.05, 3.63) is 83.3 Å². The third-order valence-electron chi connectivity index (χ3n) is 8.38. The van der Waals surface area contributed by atoms with Gasteiger partial charge in [0.1, 0.15) is 5.75 Å². The number of aliphatic hydroxyl groups is 1. The lowest BCUT2D eigenvalue weighted by atomic mass is 9.90. The van der Waals surface area contributed by atoms with Crippen molar-refractivity contribution in [3.8, 4) is 22.7 Å². The molecule has 6 rings (SSSR count). The number of piperidine rings is 1. The number of benzene rings is 2. The van der Waals surface area contributed by atoms with Crippen molar-refractivity contribution in [1.29, 1.82) is 0 Å². The molecule has 2 aromatic heterocycles. The Morgan fingerprint density at radius 2 is 1.60 bits per heavy atom. The van der Waals surface area contributed by atoms with Gasteiger partial charge >= 0.3 is 0 Å². The summed E-state index contributed by atoms with van der Waals surface area (Å²) in [5, 5.41) is 9.99. The Hall–Kier alpha value is -3.73. The zero-order valence-corrected chi connectivity index (χ0v) is 25.1. The van der Waals surface area contributed by atoms with E-state index < -0.39 is 10.0 Å². The van der Waals surface area contributed by atoms with Crippen LogP contribution in [0.2, 0.25) is 0 Å². The maximum absolute atomic E-state index is 13.2. The number of nitrogens with one attached hydrogen (secondary N) is 1. The summed E-state index contributed by atoms with van der Waals surface area (Å²) in [7, 11) is -2.21. The highest BCUT2D eigenvalue weighted by Gasteiger charge is 2.30. The smallest absolute Gasteiger partial charge is 0.264 e. The van der Waals surface area contributed by atoms with E-state index in [-0.39, 0.29) is 16.9 Å². The van der Waals surface area contributed by atoms with Gasteiger partial charge in [-0.25, -0.2) is 23.1 Å². The van der Waals surface area contributed by atoms with E-state index in [1.807, 2.05) is 24.3 Å². The van der Waals surface area contributed by atoms with E-state index in [4.69, 9.17) is 4.74 Å². The molecule has 1 unspecified atom stereocenters. The number of aliphatic hydroxyl groups excluding tert-OH is 1. The third kappa shape index (κ3) is 5.79. The molecule has 2 aromatic carbocycles. The molecule has 2 N–H and O–H groups in total. The summed E-state index contributed by atoms with van der Waals surface area (Å²) < 4.78 is 36.5. The van der Waals surface area contributed by atoms with Crippen molar-refractivity contribution in [2.75, 3.05) is 24.9 Å². The number of hydrogen-bond acceptors (Lipinski definition) is 7. The number of nitrogens with zero attached hydrogens (tertiary/aromatic N) is 4. The molecule has 10 heteroatoms. The second-order valence-corrected chi connectivity index (χ2v) is 13.0. The molecule has 0 saturated carbocycles. The highest BCUT2D eigenvalue weighted by atomic mass is 32.2. The van der Waals surface area contributed by atoms with Crippen molar-refractivity contribution in [2.24, 2.45) is 0 Å². The van der Waals surface area contributed by atoms with Gasteiger partial charge in [0, 0.05) is 41.9 Å². The monoisotopic (exact) mass is 587 g/mol. The molecule has 0 spiro atoms. The summed E-state index contributed by atoms with van der Waals surface area (Å²) in [6.07, 6.45) is 4.40. The number of sulfonamides is 1. The molecule has 220 valence electrons. The third-order valence-corrected chi connectivity index (χ3v) is 9.72. The van der Waals surface area contributed by atoms with Gasteiger partial charge in [-0.2, -0.15) is 0 Å². The van der Waals surface area contributed by atoms with Gasteiger partial charge in [-0.15, -0.1) is 0 Å². The van der Waals surface area contributed by atoms with Crippen molar-refractivity contribution in [1.82, 2.24) is 19.4 Å². The number of likely N-dealkylation sites (tertiary alicyclic amines) is 1. The fraction of sp³-hybridized carbons (Fsp3) is 0.375. The predicted octanol–water partition coefficient (Wildman–Crippen LogP) is 4.67. The van der Waals surface area contributed by atoms with Crippen LogP contribution in [-0.2, 0) is 22.9 Å². The maximum atomic E-state index is 13.2. The van der Waals surface area contributed by atoms with Crippen molar-refractivity contribution in [3.63, 3.8) is 0 Å². The first-order chi connectivity index (χ1) is 20.2. The number of anilines is 1. The van der Waals surface area contributed by atoms with E-state index in [9.17, 15) is 13.5 Å². The topological polar surface area (TPSA) is 110 Å². The molecule has 42 heavy (non-hydrogen) atoms. The van der Waals surface area contributed by atoms with Gasteiger partial charge in [-0.1, -0.05) is 0 Å². The van der Waals surface area contributed by atoms with E-state index in [0.29, 0.717) is 17.4 Å². The van der Waals surface area contributed by atoms with Crippen LogP contribution in [0.1, 0.15) is 41.9 Å². The standard InChI is InChI=1S/C32H37N5O4S/c1-21-18-22(2)34-32(33-21)35-42(39,40)29-11-6-25(7-12-29)37-30-13-8-26(36-16-14-27(38)15-17-36)19-24(30)20-31(37)23-4-9-28(41-3)10-5-23/h4-7,9-12,18,20,26-27,38H,8,13-17,19H2,1-3H3,(H,33,34,35). The number of aryl methyl sites for hydroxylation is 2. The Bertz CT molecular complexity index is 1660. The molecule has 1 saturated heterocycles. The number of ether oxygens (including phenoxy) is 1. The van der Waals surface area contributed by atoms with E-state index in [1.54, 1.807) is 39.2 Å². The zero-order chi connectivity index (χ0) is 29.4. The summed E-state index contributed by atoms with van der Waals surface area (Å²) in [4.78, 5) is 11.1. The minimum atomic E-state index is -3.86. The number of fused-ring (bicyclic) bond motifs is 1. The second-order valence-electron chi connectivity index (χ2n) is 11.3. The summed E-state index contributed by atoms with van der Waals surface area (Å²) in [6, 6.07) is 19.6. The predicted molar refractivity (Wildman–Crippen MR) is 163 cm³/mol. The number of hydrogen-bond donors (Lipinski definition) is 2. The summed E-state index contributed by atoms with van der Waals surface area (Å²) in [5.41, 5.74) is 6.99. The average Bonchev–Trinajstić information content (AvgIpc) is 3.36. The van der Waals surface area contributed by atoms with Gasteiger partial charge in [0.05, 0.1) is 23.8 Å². The lowest BCUT2D eigenvalue weighted by Gasteiger charge is -2.38. The highest BCUT2D eigenvalue weighted by Crippen LogP contribution is 2.36. The van der Waals surface area contributed by atoms with Gasteiger partial charge in [0.15, 0.2) is 0 Å². The Morgan fingerprint density at radius 3 is 2.24 bits per heavy atom. The van der Waals surface area contributed by atoms with Gasteiger partial charge in [-0.3, -0.25) is 4.90 Å². The summed E-state index contributed by atoms with van der Waals surface area (Å²) in [6.45, 7) is 5.48. The van der Waals surface area contributed by atoms with Gasteiger partial charge < -0.3 is 14.4 Å². The SMILES string of the molecule is COc1ccc(-c2cc3c(n2-c2ccc(S(=O)(=O)Nc4nc(C)cc(C)n4)cc2)CCC(N2CCC(O)CC2)C3)cc1. The minimum absolute atomic E-state index is 0.0654. The van der Waals surface area contributed by atoms with Crippen LogP contribution in [0.25, 0.3) is 16.9 Å². The van der Waals surface area contributed by atoms with Crippen LogP contribution < -0.4 is 9.46 Å². The largest absolute Gasteiger partial charge is 0.497 e. The molecular weight excluding hydrogens is 550 g/mol. The van der Waals surface area contributed by atoms with E-state index in [1.165, 1.54) is 11.3 Å². The van der Waals surface area contributed by atoms with Crippen LogP contribution >= 0.6 is 0 Å². The molecule has 1 fully saturated rings. The molecular formula is C32H37N5O4S. The van der Waals surface area contributed by atoms with E-state index >= 15 is 0 Å². The first-order valence-electron chi connectivity index (χ1n) is 14.5. The van der Waals surface area contributed by atoms with E-state index in [0.717, 1.165) is 67.9 Å². The Morgan fingerprint density at radius 1 is 0.929 bits per heavy atom. The molecule has 9 nitrogen and oxygen atoms in total. The highest BCUT2D eigenvalue weighted by molar-refractivity contribution is 7.92. The molecule has 2 aliphatic rings.